The maximum atomic E-state index is 10.5. The normalized spacial score (nSPS) is 13.4. The van der Waals surface area contributed by atoms with E-state index in [1.807, 2.05) is 36.0 Å². The molecule has 0 fully saturated rings. The average molecular weight is 272 g/mol. The monoisotopic (exact) mass is 272 g/mol. The molecule has 1 aromatic carbocycles. The first-order valence-corrected chi connectivity index (χ1v) is 7.14. The molecular weight excluding hydrogens is 248 g/mol. The Labute approximate surface area is 121 Å². The van der Waals surface area contributed by atoms with E-state index in [1.54, 1.807) is 6.20 Å². The number of aromatic nitrogens is 2. The zero-order valence-electron chi connectivity index (χ0n) is 12.8. The maximum Gasteiger partial charge on any atom is 0.0796 e. The summed E-state index contributed by atoms with van der Waals surface area (Å²) in [5, 5.41) is 14.7. The maximum absolute atomic E-state index is 10.5. The van der Waals surface area contributed by atoms with Crippen molar-refractivity contribution in [3.05, 3.63) is 53.3 Å². The molecule has 0 aliphatic carbocycles. The third-order valence-electron chi connectivity index (χ3n) is 3.72. The molecule has 3 nitrogen and oxygen atoms in total. The van der Waals surface area contributed by atoms with Crippen molar-refractivity contribution < 1.29 is 5.11 Å². The Bertz CT molecular complexity index is 566. The van der Waals surface area contributed by atoms with Crippen LogP contribution in [0.5, 0.6) is 0 Å². The molecule has 2 aromatic rings. The highest BCUT2D eigenvalue weighted by Crippen LogP contribution is 2.31. The van der Waals surface area contributed by atoms with Gasteiger partial charge >= 0.3 is 0 Å². The quantitative estimate of drug-likeness (QED) is 0.926. The summed E-state index contributed by atoms with van der Waals surface area (Å²) in [6.07, 6.45) is 2.91. The molecular formula is C17H24N2O. The van der Waals surface area contributed by atoms with Gasteiger partial charge in [-0.3, -0.25) is 4.68 Å². The van der Waals surface area contributed by atoms with E-state index in [0.717, 1.165) is 17.7 Å². The molecule has 20 heavy (non-hydrogen) atoms. The molecule has 1 N–H and O–H groups in total. The number of aliphatic hydroxyl groups excluding tert-OH is 1. The van der Waals surface area contributed by atoms with Crippen molar-refractivity contribution in [1.29, 1.82) is 0 Å². The number of aryl methyl sites for hydroxylation is 2. The lowest BCUT2D eigenvalue weighted by atomic mass is 9.81. The first-order valence-electron chi connectivity index (χ1n) is 7.14. The molecule has 3 heteroatoms. The van der Waals surface area contributed by atoms with Gasteiger partial charge < -0.3 is 5.11 Å². The highest BCUT2D eigenvalue weighted by atomic mass is 16.3. The minimum atomic E-state index is -0.430. The predicted molar refractivity (Wildman–Crippen MR) is 81.6 cm³/mol. The molecule has 0 aliphatic heterocycles. The lowest BCUT2D eigenvalue weighted by molar-refractivity contribution is 0.164. The SMILES string of the molecule is Cn1nccc1CCC(O)c1ccccc1C(C)(C)C. The van der Waals surface area contributed by atoms with Gasteiger partial charge in [0.25, 0.3) is 0 Å². The predicted octanol–water partition coefficient (Wildman–Crippen LogP) is 3.38. The molecule has 108 valence electrons. The Kier molecular flexibility index (Phi) is 4.29. The second-order valence-electron chi connectivity index (χ2n) is 6.34. The van der Waals surface area contributed by atoms with Gasteiger partial charge in [0.1, 0.15) is 0 Å². The summed E-state index contributed by atoms with van der Waals surface area (Å²) in [5.74, 6) is 0. The van der Waals surface area contributed by atoms with Crippen molar-refractivity contribution in [1.82, 2.24) is 9.78 Å². The van der Waals surface area contributed by atoms with Crippen molar-refractivity contribution in [2.45, 2.75) is 45.1 Å². The number of benzene rings is 1. The minimum absolute atomic E-state index is 0.0457. The summed E-state index contributed by atoms with van der Waals surface area (Å²) in [7, 11) is 1.94. The van der Waals surface area contributed by atoms with Crippen LogP contribution in [-0.2, 0) is 18.9 Å². The van der Waals surface area contributed by atoms with Gasteiger partial charge in [-0.1, -0.05) is 45.0 Å². The average Bonchev–Trinajstić information content (AvgIpc) is 2.80. The van der Waals surface area contributed by atoms with Crippen LogP contribution >= 0.6 is 0 Å². The molecule has 0 saturated heterocycles. The lowest BCUT2D eigenvalue weighted by Gasteiger charge is -2.25. The Morgan fingerprint density at radius 3 is 2.50 bits per heavy atom. The Morgan fingerprint density at radius 2 is 1.90 bits per heavy atom. The van der Waals surface area contributed by atoms with Crippen molar-refractivity contribution in [2.75, 3.05) is 0 Å². The van der Waals surface area contributed by atoms with Crippen LogP contribution in [0, 0.1) is 0 Å². The van der Waals surface area contributed by atoms with E-state index in [1.165, 1.54) is 5.56 Å². The van der Waals surface area contributed by atoms with Crippen LogP contribution in [0.3, 0.4) is 0 Å². The standard InChI is InChI=1S/C17H24N2O/c1-17(2,3)15-8-6-5-7-14(15)16(20)10-9-13-11-12-18-19(13)4/h5-8,11-12,16,20H,9-10H2,1-4H3. The summed E-state index contributed by atoms with van der Waals surface area (Å²) >= 11 is 0. The van der Waals surface area contributed by atoms with E-state index in [2.05, 4.69) is 31.9 Å². The van der Waals surface area contributed by atoms with Gasteiger partial charge in [-0.2, -0.15) is 5.10 Å². The second-order valence-corrected chi connectivity index (χ2v) is 6.34. The summed E-state index contributed by atoms with van der Waals surface area (Å²) in [5.41, 5.74) is 3.46. The van der Waals surface area contributed by atoms with Gasteiger partial charge in [0, 0.05) is 18.9 Å². The molecule has 0 spiro atoms. The first-order chi connectivity index (χ1) is 9.39. The number of nitrogens with zero attached hydrogens (tertiary/aromatic N) is 2. The van der Waals surface area contributed by atoms with Crippen molar-refractivity contribution >= 4 is 0 Å². The van der Waals surface area contributed by atoms with Crippen molar-refractivity contribution in [2.24, 2.45) is 7.05 Å². The largest absolute Gasteiger partial charge is 0.388 e. The summed E-state index contributed by atoms with van der Waals surface area (Å²) < 4.78 is 1.86. The van der Waals surface area contributed by atoms with Gasteiger partial charge in [0.05, 0.1) is 6.10 Å². The molecule has 0 radical (unpaired) electrons. The molecule has 0 aliphatic rings. The van der Waals surface area contributed by atoms with Crippen LogP contribution in [0.25, 0.3) is 0 Å². The summed E-state index contributed by atoms with van der Waals surface area (Å²) in [4.78, 5) is 0. The molecule has 2 rings (SSSR count). The van der Waals surface area contributed by atoms with E-state index in [9.17, 15) is 5.11 Å². The fourth-order valence-electron chi connectivity index (χ4n) is 2.56. The fourth-order valence-corrected chi connectivity index (χ4v) is 2.56. The first kappa shape index (κ1) is 14.8. The van der Waals surface area contributed by atoms with E-state index < -0.39 is 6.10 Å². The lowest BCUT2D eigenvalue weighted by Crippen LogP contribution is -2.16. The van der Waals surface area contributed by atoms with Crippen LogP contribution in [0.4, 0.5) is 0 Å². The zero-order valence-corrected chi connectivity index (χ0v) is 12.8. The smallest absolute Gasteiger partial charge is 0.0796 e. The minimum Gasteiger partial charge on any atom is -0.388 e. The van der Waals surface area contributed by atoms with Gasteiger partial charge in [-0.05, 0) is 35.4 Å². The Balaban J connectivity index is 2.14. The van der Waals surface area contributed by atoms with E-state index >= 15 is 0 Å². The van der Waals surface area contributed by atoms with E-state index in [0.29, 0.717) is 6.42 Å². The van der Waals surface area contributed by atoms with Gasteiger partial charge in [0.2, 0.25) is 0 Å². The van der Waals surface area contributed by atoms with E-state index in [-0.39, 0.29) is 5.41 Å². The topological polar surface area (TPSA) is 38.0 Å². The Morgan fingerprint density at radius 1 is 1.20 bits per heavy atom. The third kappa shape index (κ3) is 3.28. The molecule has 0 amide bonds. The number of aliphatic hydroxyl groups is 1. The van der Waals surface area contributed by atoms with Crippen molar-refractivity contribution in [3.63, 3.8) is 0 Å². The van der Waals surface area contributed by atoms with Crippen LogP contribution in [0.2, 0.25) is 0 Å². The molecule has 0 bridgehead atoms. The van der Waals surface area contributed by atoms with Crippen LogP contribution < -0.4 is 0 Å². The Hall–Kier alpha value is -1.61. The highest BCUT2D eigenvalue weighted by molar-refractivity contribution is 5.34. The molecule has 1 atom stereocenters. The van der Waals surface area contributed by atoms with Gasteiger partial charge in [0.15, 0.2) is 0 Å². The van der Waals surface area contributed by atoms with Crippen molar-refractivity contribution in [3.8, 4) is 0 Å². The van der Waals surface area contributed by atoms with Crippen LogP contribution in [0.1, 0.15) is 50.1 Å². The summed E-state index contributed by atoms with van der Waals surface area (Å²) in [6.45, 7) is 6.54. The fraction of sp³-hybridized carbons (Fsp3) is 0.471. The number of rotatable bonds is 4. The van der Waals surface area contributed by atoms with E-state index in [4.69, 9.17) is 0 Å². The number of hydrogen-bond acceptors (Lipinski definition) is 2. The molecule has 1 unspecified atom stereocenters. The summed E-state index contributed by atoms with van der Waals surface area (Å²) in [6, 6.07) is 10.2. The number of hydrogen-bond donors (Lipinski definition) is 1. The third-order valence-corrected chi connectivity index (χ3v) is 3.72. The van der Waals surface area contributed by atoms with Crippen LogP contribution in [0.15, 0.2) is 36.5 Å². The molecule has 1 aromatic heterocycles. The van der Waals surface area contributed by atoms with Crippen LogP contribution in [-0.4, -0.2) is 14.9 Å². The molecule has 1 heterocycles. The van der Waals surface area contributed by atoms with Gasteiger partial charge in [-0.15, -0.1) is 0 Å². The second kappa shape index (κ2) is 5.80. The highest BCUT2D eigenvalue weighted by Gasteiger charge is 2.21. The molecule has 0 saturated carbocycles. The van der Waals surface area contributed by atoms with Gasteiger partial charge in [-0.25, -0.2) is 0 Å². The zero-order chi connectivity index (χ0) is 14.8.